The lowest BCUT2D eigenvalue weighted by Crippen LogP contribution is -2.24. The van der Waals surface area contributed by atoms with E-state index in [-0.39, 0.29) is 0 Å². The van der Waals surface area contributed by atoms with E-state index in [0.29, 0.717) is 13.0 Å². The van der Waals surface area contributed by atoms with Gasteiger partial charge in [-0.25, -0.2) is 0 Å². The minimum absolute atomic E-state index is 0.474. The summed E-state index contributed by atoms with van der Waals surface area (Å²) >= 11 is 3.43. The molecule has 1 atom stereocenters. The first kappa shape index (κ1) is 14.3. The average Bonchev–Trinajstić information content (AvgIpc) is 2.40. The van der Waals surface area contributed by atoms with Gasteiger partial charge in [-0.2, -0.15) is 0 Å². The third kappa shape index (κ3) is 3.44. The van der Waals surface area contributed by atoms with Crippen LogP contribution in [0.25, 0.3) is 11.1 Å². The Bertz CT molecular complexity index is 532. The highest BCUT2D eigenvalue weighted by atomic mass is 79.9. The Morgan fingerprint density at radius 2 is 1.47 bits per heavy atom. The van der Waals surface area contributed by atoms with Crippen LogP contribution in [0.3, 0.4) is 0 Å². The Balaban J connectivity index is 2.25. The van der Waals surface area contributed by atoms with Crippen LogP contribution in [0.1, 0.15) is 18.9 Å². The number of hydrogen-bond acceptors (Lipinski definition) is 2. The number of hydrogen-bond donors (Lipinski definition) is 2. The van der Waals surface area contributed by atoms with Crippen molar-refractivity contribution in [3.8, 4) is 11.1 Å². The third-order valence-corrected chi connectivity index (χ3v) is 3.84. The predicted molar refractivity (Wildman–Crippen MR) is 82.8 cm³/mol. The zero-order valence-corrected chi connectivity index (χ0v) is 12.5. The smallest absolute Gasteiger partial charge is 0.0880 e. The van der Waals surface area contributed by atoms with Gasteiger partial charge in [-0.1, -0.05) is 52.3 Å². The van der Waals surface area contributed by atoms with Crippen LogP contribution in [0, 0.1) is 0 Å². The van der Waals surface area contributed by atoms with Gasteiger partial charge < -0.3 is 10.8 Å². The maximum atomic E-state index is 10.3. The molecule has 0 spiro atoms. The van der Waals surface area contributed by atoms with E-state index in [1.54, 1.807) is 6.92 Å². The van der Waals surface area contributed by atoms with Gasteiger partial charge in [0.15, 0.2) is 0 Å². The van der Waals surface area contributed by atoms with Crippen molar-refractivity contribution in [1.82, 2.24) is 0 Å². The molecule has 1 unspecified atom stereocenters. The topological polar surface area (TPSA) is 46.2 Å². The Labute approximate surface area is 122 Å². The van der Waals surface area contributed by atoms with E-state index in [4.69, 9.17) is 5.73 Å². The molecule has 3 heteroatoms. The molecule has 0 fully saturated rings. The van der Waals surface area contributed by atoms with E-state index >= 15 is 0 Å². The van der Waals surface area contributed by atoms with Crippen molar-refractivity contribution in [2.45, 2.75) is 18.9 Å². The van der Waals surface area contributed by atoms with Crippen molar-refractivity contribution in [2.24, 2.45) is 5.73 Å². The number of nitrogens with two attached hydrogens (primary N) is 1. The van der Waals surface area contributed by atoms with Crippen LogP contribution in [0.15, 0.2) is 53.0 Å². The summed E-state index contributed by atoms with van der Waals surface area (Å²) in [5.41, 5.74) is 7.87. The maximum absolute atomic E-state index is 10.3. The van der Waals surface area contributed by atoms with Gasteiger partial charge in [0.2, 0.25) is 0 Å². The maximum Gasteiger partial charge on any atom is 0.0880 e. The van der Waals surface area contributed by atoms with Gasteiger partial charge in [0.05, 0.1) is 5.60 Å². The van der Waals surface area contributed by atoms with Crippen molar-refractivity contribution in [1.29, 1.82) is 0 Å². The molecule has 0 bridgehead atoms. The average molecular weight is 320 g/mol. The summed E-state index contributed by atoms with van der Waals surface area (Å²) < 4.78 is 1.07. The summed E-state index contributed by atoms with van der Waals surface area (Å²) in [6.45, 7) is 2.27. The molecule has 0 aliphatic rings. The fourth-order valence-electron chi connectivity index (χ4n) is 2.09. The van der Waals surface area contributed by atoms with Crippen LogP contribution in [-0.4, -0.2) is 11.7 Å². The summed E-state index contributed by atoms with van der Waals surface area (Å²) in [6, 6.07) is 16.2. The normalized spacial score (nSPS) is 14.1. The Kier molecular flexibility index (Phi) is 4.40. The standard InChI is InChI=1S/C16H18BrNO/c1-16(19,10-11-18)14-6-2-12(3-7-14)13-4-8-15(17)9-5-13/h2-9,19H,10-11,18H2,1H3. The summed E-state index contributed by atoms with van der Waals surface area (Å²) in [7, 11) is 0. The second kappa shape index (κ2) is 5.87. The largest absolute Gasteiger partial charge is 0.385 e. The van der Waals surface area contributed by atoms with Crippen LogP contribution >= 0.6 is 15.9 Å². The Morgan fingerprint density at radius 1 is 1.00 bits per heavy atom. The molecule has 2 rings (SSSR count). The number of halogens is 1. The van der Waals surface area contributed by atoms with Gasteiger partial charge in [0, 0.05) is 4.47 Å². The molecule has 0 radical (unpaired) electrons. The third-order valence-electron chi connectivity index (χ3n) is 3.32. The van der Waals surface area contributed by atoms with Crippen LogP contribution < -0.4 is 5.73 Å². The van der Waals surface area contributed by atoms with Gasteiger partial charge in [-0.3, -0.25) is 0 Å². The fraction of sp³-hybridized carbons (Fsp3) is 0.250. The molecular formula is C16H18BrNO. The highest BCUT2D eigenvalue weighted by Crippen LogP contribution is 2.27. The van der Waals surface area contributed by atoms with E-state index in [1.807, 2.05) is 36.4 Å². The molecule has 0 aliphatic heterocycles. The highest BCUT2D eigenvalue weighted by molar-refractivity contribution is 9.10. The van der Waals surface area contributed by atoms with Crippen LogP contribution in [0.2, 0.25) is 0 Å². The minimum Gasteiger partial charge on any atom is -0.385 e. The lowest BCUT2D eigenvalue weighted by Gasteiger charge is -2.23. The van der Waals surface area contributed by atoms with Crippen molar-refractivity contribution < 1.29 is 5.11 Å². The molecule has 0 aromatic heterocycles. The highest BCUT2D eigenvalue weighted by Gasteiger charge is 2.21. The molecule has 100 valence electrons. The molecule has 2 aromatic rings. The molecular weight excluding hydrogens is 302 g/mol. The Morgan fingerprint density at radius 3 is 1.95 bits per heavy atom. The zero-order valence-electron chi connectivity index (χ0n) is 10.9. The van der Waals surface area contributed by atoms with Crippen LogP contribution in [0.5, 0.6) is 0 Å². The second-order valence-electron chi connectivity index (χ2n) is 4.90. The summed E-state index contributed by atoms with van der Waals surface area (Å²) in [5, 5.41) is 10.3. The van der Waals surface area contributed by atoms with Gasteiger partial charge in [-0.05, 0) is 48.7 Å². The molecule has 2 aromatic carbocycles. The zero-order chi connectivity index (χ0) is 13.9. The predicted octanol–water partition coefficient (Wildman–Crippen LogP) is 3.67. The summed E-state index contributed by atoms with van der Waals surface area (Å²) in [5.74, 6) is 0. The lowest BCUT2D eigenvalue weighted by molar-refractivity contribution is 0.0504. The monoisotopic (exact) mass is 319 g/mol. The van der Waals surface area contributed by atoms with Crippen molar-refractivity contribution >= 4 is 15.9 Å². The number of aliphatic hydroxyl groups is 1. The molecule has 0 aliphatic carbocycles. The number of benzene rings is 2. The van der Waals surface area contributed by atoms with E-state index in [2.05, 4.69) is 28.1 Å². The molecule has 3 N–H and O–H groups in total. The second-order valence-corrected chi connectivity index (χ2v) is 5.81. The SMILES string of the molecule is CC(O)(CCN)c1ccc(-c2ccc(Br)cc2)cc1. The Hall–Kier alpha value is -1.16. The van der Waals surface area contributed by atoms with Crippen molar-refractivity contribution in [3.63, 3.8) is 0 Å². The van der Waals surface area contributed by atoms with Crippen molar-refractivity contribution in [3.05, 3.63) is 58.6 Å². The van der Waals surface area contributed by atoms with E-state index < -0.39 is 5.60 Å². The first-order chi connectivity index (χ1) is 9.03. The van der Waals surface area contributed by atoms with Crippen molar-refractivity contribution in [2.75, 3.05) is 6.54 Å². The van der Waals surface area contributed by atoms with Crippen LogP contribution in [0.4, 0.5) is 0 Å². The molecule has 0 amide bonds. The van der Waals surface area contributed by atoms with E-state index in [9.17, 15) is 5.11 Å². The van der Waals surface area contributed by atoms with Crippen LogP contribution in [-0.2, 0) is 5.60 Å². The summed E-state index contributed by atoms with van der Waals surface area (Å²) in [4.78, 5) is 0. The molecule has 2 nitrogen and oxygen atoms in total. The minimum atomic E-state index is -0.854. The first-order valence-electron chi connectivity index (χ1n) is 6.32. The van der Waals surface area contributed by atoms with Gasteiger partial charge in [-0.15, -0.1) is 0 Å². The lowest BCUT2D eigenvalue weighted by atomic mass is 9.91. The van der Waals surface area contributed by atoms with E-state index in [0.717, 1.165) is 21.2 Å². The summed E-state index contributed by atoms with van der Waals surface area (Å²) in [6.07, 6.45) is 0.560. The molecule has 0 heterocycles. The molecule has 0 saturated heterocycles. The quantitative estimate of drug-likeness (QED) is 0.903. The molecule has 19 heavy (non-hydrogen) atoms. The van der Waals surface area contributed by atoms with Gasteiger partial charge >= 0.3 is 0 Å². The number of rotatable bonds is 4. The van der Waals surface area contributed by atoms with Gasteiger partial charge in [0.25, 0.3) is 0 Å². The molecule has 0 saturated carbocycles. The fourth-order valence-corrected chi connectivity index (χ4v) is 2.35. The van der Waals surface area contributed by atoms with E-state index in [1.165, 1.54) is 0 Å². The van der Waals surface area contributed by atoms with Gasteiger partial charge in [0.1, 0.15) is 0 Å². The first-order valence-corrected chi connectivity index (χ1v) is 7.11.